The van der Waals surface area contributed by atoms with Crippen molar-refractivity contribution in [1.82, 2.24) is 0 Å². The number of hydrogen-bond acceptors (Lipinski definition) is 3. The summed E-state index contributed by atoms with van der Waals surface area (Å²) in [5, 5.41) is 2.62. The Bertz CT molecular complexity index is 447. The average molecular weight is 268 g/mol. The van der Waals surface area contributed by atoms with Crippen LogP contribution in [0.1, 0.15) is 33.6 Å². The molecule has 0 aliphatic carbocycles. The molecule has 1 aromatic carbocycles. The summed E-state index contributed by atoms with van der Waals surface area (Å²) in [6.45, 7) is 5.78. The van der Waals surface area contributed by atoms with E-state index in [1.165, 1.54) is 12.1 Å². The highest BCUT2D eigenvalue weighted by Gasteiger charge is 2.27. The summed E-state index contributed by atoms with van der Waals surface area (Å²) in [5.41, 5.74) is 5.32. The van der Waals surface area contributed by atoms with Crippen LogP contribution < -0.4 is 15.8 Å². The standard InChI is InChI=1S/C14H21FN2O2/c1-4-8-14(3,16)13(18)17-10-6-7-12(19-5-2)11(15)9-10/h6-7,9H,4-5,8,16H2,1-3H3,(H,17,18). The van der Waals surface area contributed by atoms with Crippen molar-refractivity contribution in [3.8, 4) is 5.75 Å². The molecule has 0 radical (unpaired) electrons. The molecule has 0 spiro atoms. The van der Waals surface area contributed by atoms with Gasteiger partial charge < -0.3 is 15.8 Å². The largest absolute Gasteiger partial charge is 0.491 e. The highest BCUT2D eigenvalue weighted by molar-refractivity contribution is 5.97. The lowest BCUT2D eigenvalue weighted by molar-refractivity contribution is -0.120. The Morgan fingerprint density at radius 1 is 1.47 bits per heavy atom. The fourth-order valence-electron chi connectivity index (χ4n) is 1.76. The minimum absolute atomic E-state index is 0.171. The molecule has 106 valence electrons. The van der Waals surface area contributed by atoms with Crippen LogP contribution in [0.25, 0.3) is 0 Å². The summed E-state index contributed by atoms with van der Waals surface area (Å²) in [5.74, 6) is -0.656. The molecular weight excluding hydrogens is 247 g/mol. The molecule has 0 aromatic heterocycles. The van der Waals surface area contributed by atoms with E-state index in [1.807, 2.05) is 6.92 Å². The molecule has 0 saturated heterocycles. The molecule has 0 saturated carbocycles. The predicted molar refractivity (Wildman–Crippen MR) is 73.7 cm³/mol. The van der Waals surface area contributed by atoms with Gasteiger partial charge in [0.15, 0.2) is 11.6 Å². The molecule has 0 aliphatic heterocycles. The molecule has 0 bridgehead atoms. The van der Waals surface area contributed by atoms with Crippen LogP contribution in [0.3, 0.4) is 0 Å². The van der Waals surface area contributed by atoms with Crippen molar-refractivity contribution in [2.75, 3.05) is 11.9 Å². The molecule has 3 N–H and O–H groups in total. The first-order valence-electron chi connectivity index (χ1n) is 6.43. The molecule has 1 unspecified atom stereocenters. The number of benzene rings is 1. The van der Waals surface area contributed by atoms with Gasteiger partial charge in [-0.05, 0) is 32.4 Å². The average Bonchev–Trinajstić information content (AvgIpc) is 2.32. The van der Waals surface area contributed by atoms with Crippen LogP contribution >= 0.6 is 0 Å². The Morgan fingerprint density at radius 2 is 2.16 bits per heavy atom. The van der Waals surface area contributed by atoms with E-state index in [0.29, 0.717) is 18.7 Å². The van der Waals surface area contributed by atoms with Crippen LogP contribution in [0.4, 0.5) is 10.1 Å². The molecule has 0 heterocycles. The molecule has 0 fully saturated rings. The number of nitrogens with one attached hydrogen (secondary N) is 1. The first-order chi connectivity index (χ1) is 8.90. The summed E-state index contributed by atoms with van der Waals surface area (Å²) < 4.78 is 18.7. The van der Waals surface area contributed by atoms with E-state index in [-0.39, 0.29) is 11.7 Å². The van der Waals surface area contributed by atoms with Crippen molar-refractivity contribution in [3.05, 3.63) is 24.0 Å². The lowest BCUT2D eigenvalue weighted by atomic mass is 9.96. The Morgan fingerprint density at radius 3 is 2.68 bits per heavy atom. The van der Waals surface area contributed by atoms with Crippen LogP contribution in [-0.2, 0) is 4.79 Å². The van der Waals surface area contributed by atoms with Crippen molar-refractivity contribution in [1.29, 1.82) is 0 Å². The van der Waals surface area contributed by atoms with Gasteiger partial charge in [-0.3, -0.25) is 4.79 Å². The summed E-state index contributed by atoms with van der Waals surface area (Å²) in [7, 11) is 0. The maximum atomic E-state index is 13.6. The lowest BCUT2D eigenvalue weighted by Crippen LogP contribution is -2.48. The minimum atomic E-state index is -0.955. The molecule has 1 aromatic rings. The summed E-state index contributed by atoms with van der Waals surface area (Å²) in [4.78, 5) is 12.0. The molecule has 1 rings (SSSR count). The quantitative estimate of drug-likeness (QED) is 0.833. The maximum Gasteiger partial charge on any atom is 0.244 e. The Balaban J connectivity index is 2.78. The highest BCUT2D eigenvalue weighted by Crippen LogP contribution is 2.22. The Kier molecular flexibility index (Phi) is 5.30. The molecule has 1 atom stereocenters. The van der Waals surface area contributed by atoms with Gasteiger partial charge in [0.2, 0.25) is 5.91 Å². The summed E-state index contributed by atoms with van der Waals surface area (Å²) >= 11 is 0. The van der Waals surface area contributed by atoms with E-state index < -0.39 is 11.4 Å². The van der Waals surface area contributed by atoms with E-state index in [1.54, 1.807) is 19.9 Å². The molecule has 4 nitrogen and oxygen atoms in total. The van der Waals surface area contributed by atoms with Gasteiger partial charge in [-0.2, -0.15) is 0 Å². The Labute approximate surface area is 113 Å². The predicted octanol–water partition coefficient (Wildman–Crippen LogP) is 2.68. The number of nitrogens with two attached hydrogens (primary N) is 1. The van der Waals surface area contributed by atoms with E-state index >= 15 is 0 Å². The number of hydrogen-bond donors (Lipinski definition) is 2. The number of halogens is 1. The van der Waals surface area contributed by atoms with Crippen molar-refractivity contribution in [2.45, 2.75) is 39.2 Å². The zero-order chi connectivity index (χ0) is 14.5. The minimum Gasteiger partial charge on any atom is -0.491 e. The molecular formula is C14H21FN2O2. The van der Waals surface area contributed by atoms with E-state index in [9.17, 15) is 9.18 Å². The summed E-state index contributed by atoms with van der Waals surface area (Å²) in [6.07, 6.45) is 1.37. The summed E-state index contributed by atoms with van der Waals surface area (Å²) in [6, 6.07) is 4.31. The Hall–Kier alpha value is -1.62. The second kappa shape index (κ2) is 6.52. The SMILES string of the molecule is CCCC(C)(N)C(=O)Nc1ccc(OCC)c(F)c1. The van der Waals surface area contributed by atoms with Crippen LogP contribution in [0.15, 0.2) is 18.2 Å². The number of amides is 1. The first kappa shape index (κ1) is 15.4. The van der Waals surface area contributed by atoms with Crippen LogP contribution in [0, 0.1) is 5.82 Å². The van der Waals surface area contributed by atoms with E-state index in [0.717, 1.165) is 6.42 Å². The third-order valence-corrected chi connectivity index (χ3v) is 2.78. The van der Waals surface area contributed by atoms with Gasteiger partial charge in [-0.15, -0.1) is 0 Å². The number of anilines is 1. The van der Waals surface area contributed by atoms with E-state index in [2.05, 4.69) is 5.32 Å². The maximum absolute atomic E-state index is 13.6. The third kappa shape index (κ3) is 4.21. The normalized spacial score (nSPS) is 13.7. The van der Waals surface area contributed by atoms with Crippen molar-refractivity contribution >= 4 is 11.6 Å². The zero-order valence-corrected chi connectivity index (χ0v) is 11.6. The van der Waals surface area contributed by atoms with Gasteiger partial charge in [0.1, 0.15) is 0 Å². The number of rotatable bonds is 6. The number of carbonyl (C=O) groups is 1. The van der Waals surface area contributed by atoms with Gasteiger partial charge >= 0.3 is 0 Å². The number of ether oxygens (including phenoxy) is 1. The van der Waals surface area contributed by atoms with Gasteiger partial charge in [-0.25, -0.2) is 4.39 Å². The first-order valence-corrected chi connectivity index (χ1v) is 6.43. The topological polar surface area (TPSA) is 64.4 Å². The van der Waals surface area contributed by atoms with Gasteiger partial charge in [0.25, 0.3) is 0 Å². The molecule has 0 aliphatic rings. The molecule has 1 amide bonds. The molecule has 19 heavy (non-hydrogen) atoms. The van der Waals surface area contributed by atoms with Gasteiger partial charge in [0.05, 0.1) is 12.1 Å². The van der Waals surface area contributed by atoms with Crippen molar-refractivity contribution in [2.24, 2.45) is 5.73 Å². The van der Waals surface area contributed by atoms with Gasteiger partial charge in [-0.1, -0.05) is 13.3 Å². The van der Waals surface area contributed by atoms with Crippen LogP contribution in [0.5, 0.6) is 5.75 Å². The second-order valence-electron chi connectivity index (χ2n) is 4.70. The van der Waals surface area contributed by atoms with E-state index in [4.69, 9.17) is 10.5 Å². The monoisotopic (exact) mass is 268 g/mol. The van der Waals surface area contributed by atoms with Crippen molar-refractivity contribution < 1.29 is 13.9 Å². The fraction of sp³-hybridized carbons (Fsp3) is 0.500. The lowest BCUT2D eigenvalue weighted by Gasteiger charge is -2.22. The fourth-order valence-corrected chi connectivity index (χ4v) is 1.76. The second-order valence-corrected chi connectivity index (χ2v) is 4.70. The highest BCUT2D eigenvalue weighted by atomic mass is 19.1. The third-order valence-electron chi connectivity index (χ3n) is 2.78. The number of carbonyl (C=O) groups excluding carboxylic acids is 1. The molecule has 5 heteroatoms. The zero-order valence-electron chi connectivity index (χ0n) is 11.6. The van der Waals surface area contributed by atoms with Crippen LogP contribution in [-0.4, -0.2) is 18.1 Å². The smallest absolute Gasteiger partial charge is 0.244 e. The van der Waals surface area contributed by atoms with Gasteiger partial charge in [0, 0.05) is 11.8 Å². The van der Waals surface area contributed by atoms with Crippen LogP contribution in [0.2, 0.25) is 0 Å². The van der Waals surface area contributed by atoms with Crippen molar-refractivity contribution in [3.63, 3.8) is 0 Å².